The van der Waals surface area contributed by atoms with Gasteiger partial charge in [-0.25, -0.2) is 0 Å². The molecule has 0 bridgehead atoms. The summed E-state index contributed by atoms with van der Waals surface area (Å²) in [7, 11) is 1.52. The maximum Gasteiger partial charge on any atom is 0.305 e. The van der Waals surface area contributed by atoms with Crippen LogP contribution >= 0.6 is 0 Å². The van der Waals surface area contributed by atoms with E-state index in [1.807, 2.05) is 6.92 Å². The van der Waals surface area contributed by atoms with Crippen molar-refractivity contribution in [1.82, 2.24) is 0 Å². The monoisotopic (exact) mass is 296 g/mol. The lowest BCUT2D eigenvalue weighted by Gasteiger charge is -2.13. The summed E-state index contributed by atoms with van der Waals surface area (Å²) in [6, 6.07) is 3.39. The number of hydrogen-bond acceptors (Lipinski definition) is 6. The van der Waals surface area contributed by atoms with Gasteiger partial charge in [0.1, 0.15) is 0 Å². The van der Waals surface area contributed by atoms with Crippen molar-refractivity contribution >= 4 is 5.97 Å². The van der Waals surface area contributed by atoms with E-state index >= 15 is 0 Å². The number of carbonyl (C=O) groups is 1. The second kappa shape index (κ2) is 7.17. The normalized spacial score (nSPS) is 13.9. The lowest BCUT2D eigenvalue weighted by atomic mass is 10.0. The fraction of sp³-hybridized carbons (Fsp3) is 0.533. The molecule has 1 aliphatic heterocycles. The molecule has 1 N–H and O–H groups in total. The van der Waals surface area contributed by atoms with E-state index in [2.05, 4.69) is 0 Å². The molecule has 1 aromatic rings. The van der Waals surface area contributed by atoms with Crippen molar-refractivity contribution in [2.45, 2.75) is 32.3 Å². The van der Waals surface area contributed by atoms with Gasteiger partial charge in [0.15, 0.2) is 11.5 Å². The second-order valence-electron chi connectivity index (χ2n) is 4.73. The number of carbonyl (C=O) groups excluding carboxylic acids is 1. The summed E-state index contributed by atoms with van der Waals surface area (Å²) in [6.07, 6.45) is 0.444. The SMILES string of the molecule is CCCOC(=O)CCC(O)c1cc(OC)c2c(c1)OCO2. The van der Waals surface area contributed by atoms with Gasteiger partial charge in [0.25, 0.3) is 0 Å². The molecule has 1 atom stereocenters. The van der Waals surface area contributed by atoms with E-state index in [9.17, 15) is 9.90 Å². The van der Waals surface area contributed by atoms with Crippen molar-refractivity contribution in [3.05, 3.63) is 17.7 Å². The zero-order valence-electron chi connectivity index (χ0n) is 12.3. The number of benzene rings is 1. The lowest BCUT2D eigenvalue weighted by molar-refractivity contribution is -0.144. The number of esters is 1. The van der Waals surface area contributed by atoms with Crippen LogP contribution in [-0.4, -0.2) is 31.6 Å². The van der Waals surface area contributed by atoms with Crippen molar-refractivity contribution in [2.24, 2.45) is 0 Å². The average Bonchev–Trinajstić information content (AvgIpc) is 2.97. The fourth-order valence-corrected chi connectivity index (χ4v) is 2.05. The molecule has 0 radical (unpaired) electrons. The molecule has 0 spiro atoms. The highest BCUT2D eigenvalue weighted by molar-refractivity contribution is 5.69. The predicted octanol–water partition coefficient (Wildman–Crippen LogP) is 2.19. The van der Waals surface area contributed by atoms with Crippen LogP contribution in [0.25, 0.3) is 0 Å². The van der Waals surface area contributed by atoms with Crippen molar-refractivity contribution in [3.63, 3.8) is 0 Å². The number of hydrogen-bond donors (Lipinski definition) is 1. The quantitative estimate of drug-likeness (QED) is 0.777. The summed E-state index contributed by atoms with van der Waals surface area (Å²) in [6.45, 7) is 2.47. The summed E-state index contributed by atoms with van der Waals surface area (Å²) in [5.41, 5.74) is 0.624. The van der Waals surface area contributed by atoms with Gasteiger partial charge in [0.05, 0.1) is 19.8 Å². The Morgan fingerprint density at radius 2 is 2.24 bits per heavy atom. The molecule has 116 valence electrons. The summed E-state index contributed by atoms with van der Waals surface area (Å²) < 4.78 is 20.8. The zero-order valence-corrected chi connectivity index (χ0v) is 12.3. The number of fused-ring (bicyclic) bond motifs is 1. The van der Waals surface area contributed by atoms with Gasteiger partial charge in [0, 0.05) is 6.42 Å². The minimum atomic E-state index is -0.789. The first kappa shape index (κ1) is 15.4. The molecule has 0 aromatic heterocycles. The molecule has 2 rings (SSSR count). The zero-order chi connectivity index (χ0) is 15.2. The van der Waals surface area contributed by atoms with Crippen LogP contribution in [-0.2, 0) is 9.53 Å². The Morgan fingerprint density at radius 1 is 1.43 bits per heavy atom. The van der Waals surface area contributed by atoms with E-state index in [1.54, 1.807) is 12.1 Å². The van der Waals surface area contributed by atoms with Crippen LogP contribution in [0, 0.1) is 0 Å². The lowest BCUT2D eigenvalue weighted by Crippen LogP contribution is -2.08. The Bertz CT molecular complexity index is 499. The standard InChI is InChI=1S/C15H20O6/c1-3-6-19-14(17)5-4-11(16)10-7-12(18-2)15-13(8-10)20-9-21-15/h7-8,11,16H,3-6,9H2,1-2H3. The van der Waals surface area contributed by atoms with E-state index in [-0.39, 0.29) is 25.6 Å². The Hall–Kier alpha value is -1.95. The van der Waals surface area contributed by atoms with Crippen LogP contribution in [0.1, 0.15) is 37.9 Å². The number of aliphatic hydroxyl groups excluding tert-OH is 1. The molecule has 0 saturated heterocycles. The molecular weight excluding hydrogens is 276 g/mol. The smallest absolute Gasteiger partial charge is 0.305 e. The van der Waals surface area contributed by atoms with E-state index in [0.717, 1.165) is 6.42 Å². The van der Waals surface area contributed by atoms with Crippen LogP contribution in [0.15, 0.2) is 12.1 Å². The number of ether oxygens (including phenoxy) is 4. The van der Waals surface area contributed by atoms with Gasteiger partial charge < -0.3 is 24.1 Å². The molecule has 0 saturated carbocycles. The van der Waals surface area contributed by atoms with E-state index in [1.165, 1.54) is 7.11 Å². The summed E-state index contributed by atoms with van der Waals surface area (Å²) in [5.74, 6) is 1.28. The number of methoxy groups -OCH3 is 1. The molecule has 1 aliphatic rings. The third kappa shape index (κ3) is 3.78. The van der Waals surface area contributed by atoms with Crippen LogP contribution in [0.4, 0.5) is 0 Å². The van der Waals surface area contributed by atoms with Crippen molar-refractivity contribution in [2.75, 3.05) is 20.5 Å². The molecule has 1 unspecified atom stereocenters. The first-order chi connectivity index (χ1) is 10.2. The van der Waals surface area contributed by atoms with Gasteiger partial charge in [-0.05, 0) is 30.5 Å². The predicted molar refractivity (Wildman–Crippen MR) is 74.6 cm³/mol. The van der Waals surface area contributed by atoms with Crippen molar-refractivity contribution in [3.8, 4) is 17.2 Å². The second-order valence-corrected chi connectivity index (χ2v) is 4.73. The summed E-state index contributed by atoms with van der Waals surface area (Å²) >= 11 is 0. The Morgan fingerprint density at radius 3 is 2.95 bits per heavy atom. The molecule has 0 amide bonds. The third-order valence-electron chi connectivity index (χ3n) is 3.15. The summed E-state index contributed by atoms with van der Waals surface area (Å²) in [5, 5.41) is 10.2. The summed E-state index contributed by atoms with van der Waals surface area (Å²) in [4.78, 5) is 11.4. The van der Waals surface area contributed by atoms with Gasteiger partial charge in [-0.3, -0.25) is 4.79 Å². The Kier molecular flexibility index (Phi) is 5.27. The molecule has 1 aromatic carbocycles. The van der Waals surface area contributed by atoms with E-state index in [4.69, 9.17) is 18.9 Å². The van der Waals surface area contributed by atoms with Gasteiger partial charge in [0.2, 0.25) is 12.5 Å². The highest BCUT2D eigenvalue weighted by Gasteiger charge is 2.22. The maximum absolute atomic E-state index is 11.4. The van der Waals surface area contributed by atoms with E-state index < -0.39 is 6.10 Å². The van der Waals surface area contributed by atoms with Crippen molar-refractivity contribution in [1.29, 1.82) is 0 Å². The number of aliphatic hydroxyl groups is 1. The topological polar surface area (TPSA) is 74.2 Å². The van der Waals surface area contributed by atoms with Gasteiger partial charge in [-0.2, -0.15) is 0 Å². The first-order valence-corrected chi connectivity index (χ1v) is 6.97. The minimum absolute atomic E-state index is 0.134. The molecule has 6 nitrogen and oxygen atoms in total. The Balaban J connectivity index is 1.99. The van der Waals surface area contributed by atoms with Gasteiger partial charge >= 0.3 is 5.97 Å². The highest BCUT2D eigenvalue weighted by atomic mass is 16.7. The molecule has 0 fully saturated rings. The maximum atomic E-state index is 11.4. The molecular formula is C15H20O6. The van der Waals surface area contributed by atoms with Gasteiger partial charge in [-0.1, -0.05) is 6.92 Å². The Labute approximate surface area is 123 Å². The van der Waals surface area contributed by atoms with E-state index in [0.29, 0.717) is 29.4 Å². The molecule has 0 aliphatic carbocycles. The highest BCUT2D eigenvalue weighted by Crippen LogP contribution is 2.43. The molecule has 1 heterocycles. The first-order valence-electron chi connectivity index (χ1n) is 6.97. The minimum Gasteiger partial charge on any atom is -0.493 e. The fourth-order valence-electron chi connectivity index (χ4n) is 2.05. The van der Waals surface area contributed by atoms with Crippen molar-refractivity contribution < 1.29 is 28.8 Å². The number of rotatable bonds is 7. The average molecular weight is 296 g/mol. The third-order valence-corrected chi connectivity index (χ3v) is 3.15. The molecule has 21 heavy (non-hydrogen) atoms. The van der Waals surface area contributed by atoms with Gasteiger partial charge in [-0.15, -0.1) is 0 Å². The van der Waals surface area contributed by atoms with Crippen LogP contribution in [0.5, 0.6) is 17.2 Å². The van der Waals surface area contributed by atoms with Crippen LogP contribution in [0.3, 0.4) is 0 Å². The molecule has 6 heteroatoms. The van der Waals surface area contributed by atoms with Crippen LogP contribution < -0.4 is 14.2 Å². The van der Waals surface area contributed by atoms with Crippen LogP contribution in [0.2, 0.25) is 0 Å². The largest absolute Gasteiger partial charge is 0.493 e.